The van der Waals surface area contributed by atoms with Crippen molar-refractivity contribution in [3.63, 3.8) is 0 Å². The highest BCUT2D eigenvalue weighted by molar-refractivity contribution is 5.85. The number of nitrogens with two attached hydrogens (primary N) is 1. The molecule has 0 aliphatic carbocycles. The topological polar surface area (TPSA) is 52.3 Å². The lowest BCUT2D eigenvalue weighted by Crippen LogP contribution is -2.31. The summed E-state index contributed by atoms with van der Waals surface area (Å²) in [7, 11) is 0. The minimum atomic E-state index is -0.508. The zero-order valence-corrected chi connectivity index (χ0v) is 8.20. The number of hydrogen-bond donors (Lipinski definition) is 1. The van der Waals surface area contributed by atoms with Gasteiger partial charge in [0.2, 0.25) is 0 Å². The fourth-order valence-electron chi connectivity index (χ4n) is 0.346. The van der Waals surface area contributed by atoms with Gasteiger partial charge in [-0.05, 0) is 27.7 Å². The highest BCUT2D eigenvalue weighted by atomic mass is 35.5. The molecule has 2 N–H and O–H groups in total. The molecule has 0 fully saturated rings. The maximum atomic E-state index is 11.0. The largest absolute Gasteiger partial charge is 0.447 e. The van der Waals surface area contributed by atoms with Gasteiger partial charge in [-0.3, -0.25) is 10.5 Å². The highest BCUT2D eigenvalue weighted by Crippen LogP contribution is 2.15. The molecule has 0 bridgehead atoms. The van der Waals surface area contributed by atoms with Crippen molar-refractivity contribution in [2.45, 2.75) is 33.9 Å². The van der Waals surface area contributed by atoms with Gasteiger partial charge in [0.1, 0.15) is 6.23 Å². The second-order valence-corrected chi connectivity index (χ2v) is 3.36. The molecule has 0 aromatic heterocycles. The van der Waals surface area contributed by atoms with Crippen molar-refractivity contribution < 1.29 is 9.53 Å². The molecule has 0 aromatic rings. The number of carbonyl (C=O) groups excluding carboxylic acids is 1. The van der Waals surface area contributed by atoms with E-state index in [0.29, 0.717) is 0 Å². The number of carbonyl (C=O) groups is 1. The van der Waals surface area contributed by atoms with Crippen LogP contribution in [0.1, 0.15) is 27.7 Å². The molecule has 0 aliphatic heterocycles. The minimum Gasteiger partial charge on any atom is -0.447 e. The van der Waals surface area contributed by atoms with Gasteiger partial charge in [0.25, 0.3) is 0 Å². The summed E-state index contributed by atoms with van der Waals surface area (Å²) in [6.45, 7) is 7.00. The van der Waals surface area contributed by atoms with Crippen molar-refractivity contribution in [1.29, 1.82) is 0 Å². The van der Waals surface area contributed by atoms with Crippen LogP contribution in [0.2, 0.25) is 0 Å². The fraction of sp³-hybridized carbons (Fsp3) is 0.857. The third kappa shape index (κ3) is 6.13. The second-order valence-electron chi connectivity index (χ2n) is 3.36. The van der Waals surface area contributed by atoms with Gasteiger partial charge in [-0.2, -0.15) is 0 Å². The Balaban J connectivity index is 0. The van der Waals surface area contributed by atoms with Crippen molar-refractivity contribution >= 4 is 18.4 Å². The molecule has 0 radical (unpaired) electrons. The third-order valence-electron chi connectivity index (χ3n) is 0.905. The Bertz CT molecular complexity index is 129. The first-order chi connectivity index (χ1) is 4.34. The van der Waals surface area contributed by atoms with E-state index < -0.39 is 11.6 Å². The Morgan fingerprint density at radius 3 is 1.91 bits per heavy atom. The van der Waals surface area contributed by atoms with E-state index in [1.165, 1.54) is 0 Å². The molecular weight excluding hydrogens is 166 g/mol. The Morgan fingerprint density at radius 2 is 1.82 bits per heavy atom. The van der Waals surface area contributed by atoms with Crippen LogP contribution < -0.4 is 5.73 Å². The van der Waals surface area contributed by atoms with E-state index in [2.05, 4.69) is 0 Å². The monoisotopic (exact) mass is 181 g/mol. The van der Waals surface area contributed by atoms with Gasteiger partial charge in [0.15, 0.2) is 0 Å². The molecule has 0 rings (SSSR count). The molecule has 1 atom stereocenters. The number of ether oxygens (including phenoxy) is 1. The van der Waals surface area contributed by atoms with E-state index in [9.17, 15) is 4.79 Å². The summed E-state index contributed by atoms with van der Waals surface area (Å²) in [5, 5.41) is 0. The number of halogens is 1. The summed E-state index contributed by atoms with van der Waals surface area (Å²) in [6.07, 6.45) is -0.508. The smallest absolute Gasteiger partial charge is 0.312 e. The summed E-state index contributed by atoms with van der Waals surface area (Å²) < 4.78 is 4.75. The normalized spacial score (nSPS) is 13.2. The molecule has 3 nitrogen and oxygen atoms in total. The zero-order chi connectivity index (χ0) is 8.36. The minimum absolute atomic E-state index is 0. The first kappa shape index (κ1) is 13.3. The quantitative estimate of drug-likeness (QED) is 0.490. The second kappa shape index (κ2) is 4.57. The van der Waals surface area contributed by atoms with Gasteiger partial charge >= 0.3 is 5.97 Å². The summed E-state index contributed by atoms with van der Waals surface area (Å²) in [4.78, 5) is 11.0. The third-order valence-corrected chi connectivity index (χ3v) is 0.905. The van der Waals surface area contributed by atoms with Crippen LogP contribution in [-0.4, -0.2) is 12.2 Å². The molecule has 0 saturated carbocycles. The van der Waals surface area contributed by atoms with Crippen molar-refractivity contribution in [3.05, 3.63) is 0 Å². The molecule has 1 unspecified atom stereocenters. The average molecular weight is 182 g/mol. The molecule has 0 aliphatic rings. The van der Waals surface area contributed by atoms with Gasteiger partial charge in [0.05, 0.1) is 5.41 Å². The van der Waals surface area contributed by atoms with Crippen LogP contribution in [0.25, 0.3) is 0 Å². The van der Waals surface area contributed by atoms with E-state index in [0.717, 1.165) is 0 Å². The average Bonchev–Trinajstić information content (AvgIpc) is 1.60. The van der Waals surface area contributed by atoms with Crippen molar-refractivity contribution in [2.75, 3.05) is 0 Å². The Hall–Kier alpha value is -0.280. The lowest BCUT2D eigenvalue weighted by Gasteiger charge is -2.18. The van der Waals surface area contributed by atoms with Gasteiger partial charge in [-0.1, -0.05) is 0 Å². The van der Waals surface area contributed by atoms with Crippen LogP contribution in [-0.2, 0) is 9.53 Å². The molecule has 0 saturated heterocycles. The molecule has 0 amide bonds. The van der Waals surface area contributed by atoms with Crippen LogP contribution in [0.5, 0.6) is 0 Å². The van der Waals surface area contributed by atoms with Crippen molar-refractivity contribution in [2.24, 2.45) is 11.1 Å². The molecule has 0 spiro atoms. The van der Waals surface area contributed by atoms with E-state index in [4.69, 9.17) is 10.5 Å². The highest BCUT2D eigenvalue weighted by Gasteiger charge is 2.23. The zero-order valence-electron chi connectivity index (χ0n) is 7.38. The first-order valence-corrected chi connectivity index (χ1v) is 3.30. The van der Waals surface area contributed by atoms with Gasteiger partial charge < -0.3 is 4.74 Å². The maximum absolute atomic E-state index is 11.0. The standard InChI is InChI=1S/C7H15NO2.ClH/c1-5(8)10-6(9)7(2,3)4;/h5H,8H2,1-4H3;1H. The SMILES string of the molecule is CC(N)OC(=O)C(C)(C)C.Cl. The lowest BCUT2D eigenvalue weighted by atomic mass is 9.97. The van der Waals surface area contributed by atoms with Crippen molar-refractivity contribution in [3.8, 4) is 0 Å². The summed E-state index contributed by atoms with van der Waals surface area (Å²) >= 11 is 0. The van der Waals surface area contributed by atoms with Crippen LogP contribution in [0.3, 0.4) is 0 Å². The number of rotatable bonds is 1. The van der Waals surface area contributed by atoms with E-state index in [-0.39, 0.29) is 18.4 Å². The van der Waals surface area contributed by atoms with Crippen LogP contribution >= 0.6 is 12.4 Å². The van der Waals surface area contributed by atoms with Crippen LogP contribution in [0.15, 0.2) is 0 Å². The molecule has 0 heterocycles. The Kier molecular flexibility index (Phi) is 5.53. The Morgan fingerprint density at radius 1 is 1.45 bits per heavy atom. The van der Waals surface area contributed by atoms with Crippen LogP contribution in [0, 0.1) is 5.41 Å². The molecule has 68 valence electrons. The summed E-state index contributed by atoms with van der Waals surface area (Å²) in [5.74, 6) is -0.262. The molecule has 4 heteroatoms. The van der Waals surface area contributed by atoms with Gasteiger partial charge in [-0.15, -0.1) is 12.4 Å². The molecular formula is C7H16ClNO2. The van der Waals surface area contributed by atoms with Gasteiger partial charge in [0, 0.05) is 0 Å². The predicted octanol–water partition coefficient (Wildman–Crippen LogP) is 1.30. The number of hydrogen-bond acceptors (Lipinski definition) is 3. The predicted molar refractivity (Wildman–Crippen MR) is 46.4 cm³/mol. The van der Waals surface area contributed by atoms with Crippen LogP contribution in [0.4, 0.5) is 0 Å². The maximum Gasteiger partial charge on any atom is 0.312 e. The van der Waals surface area contributed by atoms with E-state index >= 15 is 0 Å². The van der Waals surface area contributed by atoms with E-state index in [1.807, 2.05) is 0 Å². The first-order valence-electron chi connectivity index (χ1n) is 3.30. The lowest BCUT2D eigenvalue weighted by molar-refractivity contribution is -0.157. The fourth-order valence-corrected chi connectivity index (χ4v) is 0.346. The summed E-state index contributed by atoms with van der Waals surface area (Å²) in [5.41, 5.74) is 4.80. The molecule has 11 heavy (non-hydrogen) atoms. The number of esters is 1. The van der Waals surface area contributed by atoms with E-state index in [1.54, 1.807) is 27.7 Å². The summed E-state index contributed by atoms with van der Waals surface area (Å²) in [6, 6.07) is 0. The van der Waals surface area contributed by atoms with Gasteiger partial charge in [-0.25, -0.2) is 0 Å². The van der Waals surface area contributed by atoms with Crippen molar-refractivity contribution in [1.82, 2.24) is 0 Å². The molecule has 0 aromatic carbocycles. The Labute approximate surface area is 73.7 Å².